The standard InChI is InChI=1S/C5H5.2C3H9Si.2ClH.Zr/c1-2-4-5-3-1;2*1-4(2)3;;;/h1-3H,4H2;2*1-3H3;2*1H;/q-1;;;;;+3/p-2. The molecule has 0 fully saturated rings. The van der Waals surface area contributed by atoms with Crippen LogP contribution in [0.15, 0.2) is 18.2 Å². The van der Waals surface area contributed by atoms with Crippen molar-refractivity contribution < 1.29 is 51.0 Å². The van der Waals surface area contributed by atoms with Gasteiger partial charge in [0.1, 0.15) is 0 Å². The van der Waals surface area contributed by atoms with Crippen molar-refractivity contribution >= 4 is 17.6 Å². The molecule has 0 N–H and O–H groups in total. The van der Waals surface area contributed by atoms with Crippen LogP contribution in [0, 0.1) is 6.08 Å². The Morgan fingerprint density at radius 1 is 0.875 bits per heavy atom. The molecule has 1 rings (SSSR count). The van der Waals surface area contributed by atoms with Gasteiger partial charge in [0.2, 0.25) is 0 Å². The Hall–Kier alpha value is 1.38. The minimum atomic E-state index is 0. The van der Waals surface area contributed by atoms with Gasteiger partial charge in [0.15, 0.2) is 0 Å². The van der Waals surface area contributed by atoms with Crippen molar-refractivity contribution in [2.45, 2.75) is 45.7 Å². The van der Waals surface area contributed by atoms with E-state index < -0.39 is 0 Å². The van der Waals surface area contributed by atoms with Crippen LogP contribution < -0.4 is 24.8 Å². The van der Waals surface area contributed by atoms with Crippen molar-refractivity contribution in [3.05, 3.63) is 24.3 Å². The van der Waals surface area contributed by atoms with E-state index in [4.69, 9.17) is 0 Å². The van der Waals surface area contributed by atoms with Crippen LogP contribution in [-0.4, -0.2) is 17.6 Å². The van der Waals surface area contributed by atoms with Crippen molar-refractivity contribution in [2.24, 2.45) is 0 Å². The second-order valence-corrected chi connectivity index (χ2v) is 10.0. The maximum Gasteiger partial charge on any atom is 3.00 e. The van der Waals surface area contributed by atoms with E-state index in [2.05, 4.69) is 51.4 Å². The summed E-state index contributed by atoms with van der Waals surface area (Å²) in [5.41, 5.74) is 0. The maximum absolute atomic E-state index is 2.99. The number of hydrogen-bond donors (Lipinski definition) is 0. The molecule has 0 amide bonds. The van der Waals surface area contributed by atoms with Crippen molar-refractivity contribution in [1.29, 1.82) is 0 Å². The molecule has 0 aromatic carbocycles. The molecule has 0 aromatic heterocycles. The zero-order valence-electron chi connectivity index (χ0n) is 11.2. The van der Waals surface area contributed by atoms with Gasteiger partial charge < -0.3 is 24.8 Å². The van der Waals surface area contributed by atoms with E-state index >= 15 is 0 Å². The summed E-state index contributed by atoms with van der Waals surface area (Å²) in [6, 6.07) is 0. The summed E-state index contributed by atoms with van der Waals surface area (Å²) in [5.74, 6) is 0. The first-order valence-electron chi connectivity index (χ1n) is 4.72. The summed E-state index contributed by atoms with van der Waals surface area (Å²) in [6.07, 6.45) is 10.0. The van der Waals surface area contributed by atoms with Crippen LogP contribution >= 0.6 is 0 Å². The third-order valence-electron chi connectivity index (χ3n) is 0.586. The van der Waals surface area contributed by atoms with Gasteiger partial charge in [-0.25, -0.2) is 12.2 Å². The van der Waals surface area contributed by atoms with Crippen LogP contribution in [0.2, 0.25) is 39.3 Å². The summed E-state index contributed by atoms with van der Waals surface area (Å²) in [7, 11) is 0.241. The van der Waals surface area contributed by atoms with Crippen molar-refractivity contribution in [3.8, 4) is 0 Å². The fraction of sp³-hybridized carbons (Fsp3) is 0.636. The van der Waals surface area contributed by atoms with Gasteiger partial charge in [0, 0.05) is 17.6 Å². The Kier molecular flexibility index (Phi) is 48.1. The molecule has 0 atom stereocenters. The molecule has 93 valence electrons. The molecule has 0 aliphatic heterocycles. The molecule has 0 spiro atoms. The Morgan fingerprint density at radius 2 is 1.19 bits per heavy atom. The third kappa shape index (κ3) is 78.2. The monoisotopic (exact) mass is 371 g/mol. The zero-order chi connectivity index (χ0) is 10.7. The minimum absolute atomic E-state index is 0. The number of hydrogen-bond acceptors (Lipinski definition) is 0. The molecule has 0 bridgehead atoms. The van der Waals surface area contributed by atoms with Crippen molar-refractivity contribution in [3.63, 3.8) is 0 Å². The molecule has 0 heterocycles. The Labute approximate surface area is 138 Å². The molecule has 1 aliphatic carbocycles. The summed E-state index contributed by atoms with van der Waals surface area (Å²) in [6.45, 7) is 13.6. The number of rotatable bonds is 0. The summed E-state index contributed by atoms with van der Waals surface area (Å²) in [4.78, 5) is 0. The van der Waals surface area contributed by atoms with E-state index in [0.29, 0.717) is 0 Å². The summed E-state index contributed by atoms with van der Waals surface area (Å²) < 4.78 is 0. The van der Waals surface area contributed by atoms with Gasteiger partial charge in [-0.15, -0.1) is 6.42 Å². The molecule has 16 heavy (non-hydrogen) atoms. The Bertz CT molecular complexity index is 127. The second kappa shape index (κ2) is 25.3. The van der Waals surface area contributed by atoms with Crippen LogP contribution in [0.1, 0.15) is 6.42 Å². The molecule has 0 unspecified atom stereocenters. The Morgan fingerprint density at radius 3 is 1.25 bits per heavy atom. The second-order valence-electron chi connectivity index (χ2n) is 4.00. The Balaban J connectivity index is -0.0000000350. The van der Waals surface area contributed by atoms with E-state index in [1.54, 1.807) is 0 Å². The molecule has 0 saturated heterocycles. The normalized spacial score (nSPS) is 10.0. The molecule has 0 nitrogen and oxygen atoms in total. The quantitative estimate of drug-likeness (QED) is 0.342. The smallest absolute Gasteiger partial charge is 1.00 e. The van der Waals surface area contributed by atoms with E-state index in [9.17, 15) is 0 Å². The molecular weight excluding hydrogens is 350 g/mol. The molecule has 5 heteroatoms. The van der Waals surface area contributed by atoms with Crippen molar-refractivity contribution in [1.82, 2.24) is 0 Å². The van der Waals surface area contributed by atoms with Gasteiger partial charge >= 0.3 is 26.2 Å². The van der Waals surface area contributed by atoms with E-state index in [1.807, 2.05) is 12.2 Å². The van der Waals surface area contributed by atoms with Gasteiger partial charge in [-0.05, 0) is 0 Å². The van der Waals surface area contributed by atoms with Crippen LogP contribution in [0.5, 0.6) is 0 Å². The zero-order valence-corrected chi connectivity index (χ0v) is 17.2. The maximum atomic E-state index is 2.99. The molecule has 3 radical (unpaired) electrons. The minimum Gasteiger partial charge on any atom is -1.00 e. The predicted molar refractivity (Wildman–Crippen MR) is 68.3 cm³/mol. The fourth-order valence-electron chi connectivity index (χ4n) is 0.340. The van der Waals surface area contributed by atoms with E-state index in [0.717, 1.165) is 6.42 Å². The largest absolute Gasteiger partial charge is 3.00 e. The van der Waals surface area contributed by atoms with E-state index in [-0.39, 0.29) is 68.6 Å². The van der Waals surface area contributed by atoms with Crippen LogP contribution in [-0.2, 0) is 26.2 Å². The van der Waals surface area contributed by atoms with Gasteiger partial charge in [0.05, 0.1) is 0 Å². The van der Waals surface area contributed by atoms with Crippen LogP contribution in [0.4, 0.5) is 0 Å². The summed E-state index contributed by atoms with van der Waals surface area (Å²) in [5, 5.41) is 0. The number of allylic oxidation sites excluding steroid dienone is 4. The van der Waals surface area contributed by atoms with Crippen LogP contribution in [0.3, 0.4) is 0 Å². The predicted octanol–water partition coefficient (Wildman–Crippen LogP) is -1.95. The van der Waals surface area contributed by atoms with Gasteiger partial charge in [-0.3, -0.25) is 6.08 Å². The van der Waals surface area contributed by atoms with Gasteiger partial charge in [-0.1, -0.05) is 39.3 Å². The fourth-order valence-corrected chi connectivity index (χ4v) is 0.340. The average Bonchev–Trinajstić information content (AvgIpc) is 2.35. The number of halogens is 2. The third-order valence-corrected chi connectivity index (χ3v) is 0.586. The van der Waals surface area contributed by atoms with Crippen LogP contribution in [0.25, 0.3) is 0 Å². The molecular formula is C11H23Cl2Si2Zr. The van der Waals surface area contributed by atoms with Crippen molar-refractivity contribution in [2.75, 3.05) is 0 Å². The topological polar surface area (TPSA) is 0 Å². The first kappa shape index (κ1) is 30.4. The summed E-state index contributed by atoms with van der Waals surface area (Å²) >= 11 is 0. The first-order chi connectivity index (χ1) is 5.96. The molecule has 0 aromatic rings. The SMILES string of the molecule is C[Si](C)C.C[Si](C)C.[C-]1=CC=CC1.[Cl-].[Cl-].[Zr+3]. The average molecular weight is 374 g/mol. The van der Waals surface area contributed by atoms with Gasteiger partial charge in [0.25, 0.3) is 0 Å². The van der Waals surface area contributed by atoms with E-state index in [1.165, 1.54) is 0 Å². The van der Waals surface area contributed by atoms with Gasteiger partial charge in [-0.2, -0.15) is 6.08 Å². The molecule has 0 saturated carbocycles. The molecule has 1 aliphatic rings. The first-order valence-corrected chi connectivity index (χ1v) is 10.7.